The van der Waals surface area contributed by atoms with Gasteiger partial charge < -0.3 is 19.7 Å². The molecule has 0 fully saturated rings. The van der Waals surface area contributed by atoms with Gasteiger partial charge in [-0.25, -0.2) is 0 Å². The Labute approximate surface area is 147 Å². The molecule has 0 saturated carbocycles. The summed E-state index contributed by atoms with van der Waals surface area (Å²) in [5.41, 5.74) is 4.64. The summed E-state index contributed by atoms with van der Waals surface area (Å²) in [6.07, 6.45) is 1.73. The van der Waals surface area contributed by atoms with E-state index in [4.69, 9.17) is 9.47 Å². The Bertz CT molecular complexity index is 833. The van der Waals surface area contributed by atoms with Gasteiger partial charge in [0.15, 0.2) is 23.0 Å². The van der Waals surface area contributed by atoms with Gasteiger partial charge in [-0.05, 0) is 54.7 Å². The van der Waals surface area contributed by atoms with E-state index < -0.39 is 0 Å². The molecule has 5 nitrogen and oxygen atoms in total. The van der Waals surface area contributed by atoms with Gasteiger partial charge in [0.25, 0.3) is 0 Å². The number of fused-ring (bicyclic) bond motifs is 4. The predicted octanol–water partition coefficient (Wildman–Crippen LogP) is 3.16. The van der Waals surface area contributed by atoms with Crippen molar-refractivity contribution in [3.05, 3.63) is 46.5 Å². The van der Waals surface area contributed by atoms with Gasteiger partial charge in [0.1, 0.15) is 0 Å². The number of aromatic hydroxyl groups is 2. The third-order valence-corrected chi connectivity index (χ3v) is 5.58. The van der Waals surface area contributed by atoms with Crippen molar-refractivity contribution in [1.82, 2.24) is 4.90 Å². The molecule has 2 heterocycles. The van der Waals surface area contributed by atoms with E-state index >= 15 is 0 Å². The highest BCUT2D eigenvalue weighted by atomic mass is 16.5. The normalized spacial score (nSPS) is 21.9. The molecule has 0 bridgehead atoms. The summed E-state index contributed by atoms with van der Waals surface area (Å²) < 4.78 is 10.7. The Morgan fingerprint density at radius 3 is 2.52 bits per heavy atom. The van der Waals surface area contributed by atoms with Gasteiger partial charge in [-0.2, -0.15) is 0 Å². The van der Waals surface area contributed by atoms with Crippen LogP contribution in [0.3, 0.4) is 0 Å². The highest BCUT2D eigenvalue weighted by molar-refractivity contribution is 5.54. The number of phenolic OH excluding ortho intramolecular Hbond substituents is 2. The SMILES string of the molecule is COc1cc2c(cc1O)[C@@H]1Cc3ccc(O)c(OC)c3CN1[C@@H](C)C2. The van der Waals surface area contributed by atoms with Crippen molar-refractivity contribution in [2.24, 2.45) is 0 Å². The van der Waals surface area contributed by atoms with E-state index in [1.165, 1.54) is 11.1 Å². The minimum atomic E-state index is 0.185. The van der Waals surface area contributed by atoms with Crippen LogP contribution in [0.1, 0.15) is 35.2 Å². The second-order valence-corrected chi connectivity index (χ2v) is 6.92. The molecule has 0 aromatic heterocycles. The summed E-state index contributed by atoms with van der Waals surface area (Å²) >= 11 is 0. The third kappa shape index (κ3) is 2.42. The van der Waals surface area contributed by atoms with Crippen LogP contribution in [0, 0.1) is 0 Å². The number of phenols is 2. The van der Waals surface area contributed by atoms with Crippen molar-refractivity contribution in [1.29, 1.82) is 0 Å². The molecule has 0 spiro atoms. The van der Waals surface area contributed by atoms with Gasteiger partial charge in [0.05, 0.1) is 14.2 Å². The number of ether oxygens (including phenoxy) is 2. The van der Waals surface area contributed by atoms with Crippen LogP contribution >= 0.6 is 0 Å². The van der Waals surface area contributed by atoms with Crippen molar-refractivity contribution in [2.45, 2.75) is 38.4 Å². The van der Waals surface area contributed by atoms with Crippen LogP contribution in [-0.4, -0.2) is 35.4 Å². The summed E-state index contributed by atoms with van der Waals surface area (Å²) in [4.78, 5) is 2.43. The number of methoxy groups -OCH3 is 2. The zero-order chi connectivity index (χ0) is 17.7. The van der Waals surface area contributed by atoms with Gasteiger partial charge in [-0.15, -0.1) is 0 Å². The van der Waals surface area contributed by atoms with Crippen LogP contribution in [0.25, 0.3) is 0 Å². The second-order valence-electron chi connectivity index (χ2n) is 6.92. The van der Waals surface area contributed by atoms with Crippen molar-refractivity contribution >= 4 is 0 Å². The Hall–Kier alpha value is -2.40. The molecule has 2 atom stereocenters. The number of hydrogen-bond donors (Lipinski definition) is 2. The largest absolute Gasteiger partial charge is 0.504 e. The lowest BCUT2D eigenvalue weighted by atomic mass is 9.81. The molecule has 0 aliphatic carbocycles. The highest BCUT2D eigenvalue weighted by Crippen LogP contribution is 2.46. The number of benzene rings is 2. The zero-order valence-electron chi connectivity index (χ0n) is 14.7. The lowest BCUT2D eigenvalue weighted by molar-refractivity contribution is 0.104. The molecule has 5 heteroatoms. The van der Waals surface area contributed by atoms with Crippen LogP contribution in [-0.2, 0) is 19.4 Å². The molecule has 0 saturated heterocycles. The second kappa shape index (κ2) is 5.85. The molecular weight excluding hydrogens is 318 g/mol. The Morgan fingerprint density at radius 1 is 1.00 bits per heavy atom. The topological polar surface area (TPSA) is 62.2 Å². The van der Waals surface area contributed by atoms with Gasteiger partial charge >= 0.3 is 0 Å². The molecule has 4 rings (SSSR count). The van der Waals surface area contributed by atoms with Gasteiger partial charge in [-0.1, -0.05) is 6.07 Å². The molecule has 0 amide bonds. The number of rotatable bonds is 2. The molecule has 2 aromatic carbocycles. The minimum absolute atomic E-state index is 0.185. The van der Waals surface area contributed by atoms with Gasteiger partial charge in [0.2, 0.25) is 0 Å². The summed E-state index contributed by atoms with van der Waals surface area (Å²) in [5, 5.41) is 20.3. The van der Waals surface area contributed by atoms with Crippen LogP contribution in [0.4, 0.5) is 0 Å². The summed E-state index contributed by atoms with van der Waals surface area (Å²) in [7, 11) is 3.18. The van der Waals surface area contributed by atoms with Crippen molar-refractivity contribution in [2.75, 3.05) is 14.2 Å². The third-order valence-electron chi connectivity index (χ3n) is 5.58. The molecule has 0 unspecified atom stereocenters. The fourth-order valence-electron chi connectivity index (χ4n) is 4.33. The van der Waals surface area contributed by atoms with E-state index in [0.717, 1.165) is 30.5 Å². The first-order valence-corrected chi connectivity index (χ1v) is 8.56. The van der Waals surface area contributed by atoms with Crippen LogP contribution < -0.4 is 9.47 Å². The number of hydrogen-bond acceptors (Lipinski definition) is 5. The van der Waals surface area contributed by atoms with Crippen LogP contribution in [0.15, 0.2) is 24.3 Å². The highest BCUT2D eigenvalue weighted by Gasteiger charge is 2.37. The molecule has 2 aliphatic heterocycles. The molecule has 132 valence electrons. The van der Waals surface area contributed by atoms with Crippen LogP contribution in [0.5, 0.6) is 23.0 Å². The molecule has 0 radical (unpaired) electrons. The van der Waals surface area contributed by atoms with E-state index in [1.807, 2.05) is 18.2 Å². The maximum atomic E-state index is 10.2. The molecule has 25 heavy (non-hydrogen) atoms. The quantitative estimate of drug-likeness (QED) is 0.879. The zero-order valence-corrected chi connectivity index (χ0v) is 14.7. The average Bonchev–Trinajstić information content (AvgIpc) is 2.61. The Morgan fingerprint density at radius 2 is 1.80 bits per heavy atom. The smallest absolute Gasteiger partial charge is 0.165 e. The van der Waals surface area contributed by atoms with E-state index in [2.05, 4.69) is 11.8 Å². The van der Waals surface area contributed by atoms with Crippen molar-refractivity contribution < 1.29 is 19.7 Å². The fraction of sp³-hybridized carbons (Fsp3) is 0.400. The molecular formula is C20H23NO4. The minimum Gasteiger partial charge on any atom is -0.504 e. The maximum absolute atomic E-state index is 10.2. The predicted molar refractivity (Wildman–Crippen MR) is 94.5 cm³/mol. The van der Waals surface area contributed by atoms with Crippen molar-refractivity contribution in [3.8, 4) is 23.0 Å². The van der Waals surface area contributed by atoms with Gasteiger partial charge in [0, 0.05) is 24.2 Å². The first kappa shape index (κ1) is 16.1. The lowest BCUT2D eigenvalue weighted by Crippen LogP contribution is -2.45. The van der Waals surface area contributed by atoms with Crippen molar-refractivity contribution in [3.63, 3.8) is 0 Å². The molecule has 2 N–H and O–H groups in total. The number of nitrogens with zero attached hydrogens (tertiary/aromatic N) is 1. The van der Waals surface area contributed by atoms with E-state index in [0.29, 0.717) is 17.5 Å². The standard InChI is InChI=1S/C20H23NO4/c1-11-6-13-8-19(24-2)18(23)9-14(13)16-7-12-4-5-17(22)20(25-3)15(12)10-21(11)16/h4-5,8-9,11,16,22-23H,6-7,10H2,1-3H3/t11-,16-/m0/s1. The molecule has 2 aromatic rings. The molecule has 2 aliphatic rings. The Kier molecular flexibility index (Phi) is 3.76. The fourth-order valence-corrected chi connectivity index (χ4v) is 4.33. The monoisotopic (exact) mass is 341 g/mol. The van der Waals surface area contributed by atoms with E-state index in [1.54, 1.807) is 20.3 Å². The summed E-state index contributed by atoms with van der Waals surface area (Å²) in [6.45, 7) is 2.94. The average molecular weight is 341 g/mol. The Balaban J connectivity index is 1.81. The maximum Gasteiger partial charge on any atom is 0.165 e. The van der Waals surface area contributed by atoms with E-state index in [-0.39, 0.29) is 17.5 Å². The first-order chi connectivity index (χ1) is 12.0. The summed E-state index contributed by atoms with van der Waals surface area (Å²) in [5.74, 6) is 1.48. The van der Waals surface area contributed by atoms with E-state index in [9.17, 15) is 10.2 Å². The first-order valence-electron chi connectivity index (χ1n) is 8.56. The lowest BCUT2D eigenvalue weighted by Gasteiger charge is -2.45. The van der Waals surface area contributed by atoms with Crippen LogP contribution in [0.2, 0.25) is 0 Å². The van der Waals surface area contributed by atoms with Gasteiger partial charge in [-0.3, -0.25) is 4.90 Å². The summed E-state index contributed by atoms with van der Waals surface area (Å²) in [6, 6.07) is 8.05.